The molecule has 0 aliphatic carbocycles. The van der Waals surface area contributed by atoms with Crippen molar-refractivity contribution in [2.24, 2.45) is 17.8 Å². The minimum Gasteiger partial charge on any atom is -0.456 e. The van der Waals surface area contributed by atoms with E-state index in [2.05, 4.69) is 11.8 Å². The van der Waals surface area contributed by atoms with Gasteiger partial charge in [-0.25, -0.2) is 4.79 Å². The second-order valence-corrected chi connectivity index (χ2v) is 14.1. The molecule has 1 fully saturated rings. The van der Waals surface area contributed by atoms with Crippen LogP contribution in [0.5, 0.6) is 0 Å². The molecule has 0 bridgehead atoms. The van der Waals surface area contributed by atoms with Crippen molar-refractivity contribution in [3.63, 3.8) is 0 Å². The van der Waals surface area contributed by atoms with Gasteiger partial charge < -0.3 is 38.8 Å². The zero-order valence-electron chi connectivity index (χ0n) is 29.5. The zero-order valence-corrected chi connectivity index (χ0v) is 29.5. The van der Waals surface area contributed by atoms with Crippen LogP contribution in [0.3, 0.4) is 0 Å². The van der Waals surface area contributed by atoms with E-state index in [0.29, 0.717) is 23.3 Å². The van der Waals surface area contributed by atoms with Gasteiger partial charge in [-0.2, -0.15) is 0 Å². The number of nitrogens with zero attached hydrogens (tertiary/aromatic N) is 1. The fraction of sp³-hybridized carbons (Fsp3) is 0.824. The average Bonchev–Trinajstić information content (AvgIpc) is 2.92. The summed E-state index contributed by atoms with van der Waals surface area (Å²) in [7, 11) is 5.68. The van der Waals surface area contributed by atoms with E-state index in [4.69, 9.17) is 23.7 Å². The first-order chi connectivity index (χ1) is 20.1. The van der Waals surface area contributed by atoms with Crippen LogP contribution in [0.2, 0.25) is 0 Å². The van der Waals surface area contributed by atoms with E-state index in [9.17, 15) is 19.8 Å². The molecule has 254 valence electrons. The van der Waals surface area contributed by atoms with Gasteiger partial charge in [-0.05, 0) is 79.6 Å². The van der Waals surface area contributed by atoms with Crippen LogP contribution in [0.4, 0.5) is 0 Å². The molecule has 44 heavy (non-hydrogen) atoms. The third-order valence-electron chi connectivity index (χ3n) is 9.34. The second kappa shape index (κ2) is 14.7. The molecule has 2 rings (SSSR count). The Bertz CT molecular complexity index is 1080. The van der Waals surface area contributed by atoms with E-state index in [1.165, 1.54) is 13.0 Å². The second-order valence-electron chi connectivity index (χ2n) is 14.1. The molecule has 3 unspecified atom stereocenters. The molecule has 0 aromatic heterocycles. The summed E-state index contributed by atoms with van der Waals surface area (Å²) in [5, 5.41) is 21.0. The summed E-state index contributed by atoms with van der Waals surface area (Å²) in [5.41, 5.74) is -1.89. The number of Topliss-reactive ketones (excluding diaryl/α,β-unsaturated/α-hetero) is 1. The molecule has 0 radical (unpaired) electrons. The molecule has 2 aliphatic heterocycles. The van der Waals surface area contributed by atoms with Gasteiger partial charge in [0.1, 0.15) is 11.4 Å². The normalized spacial score (nSPS) is 30.0. The van der Waals surface area contributed by atoms with Crippen LogP contribution in [0, 0.1) is 17.8 Å². The highest BCUT2D eigenvalue weighted by Crippen LogP contribution is 2.41. The number of esters is 1. The molecule has 0 aromatic carbocycles. The Labute approximate surface area is 265 Å². The van der Waals surface area contributed by atoms with Gasteiger partial charge in [0.25, 0.3) is 0 Å². The lowest BCUT2D eigenvalue weighted by molar-refractivity contribution is -0.284. The van der Waals surface area contributed by atoms with Gasteiger partial charge in [0.05, 0.1) is 29.5 Å². The molecule has 10 nitrogen and oxygen atoms in total. The van der Waals surface area contributed by atoms with Crippen LogP contribution in [0.15, 0.2) is 23.0 Å². The summed E-state index contributed by atoms with van der Waals surface area (Å²) in [6.45, 7) is 19.7. The highest BCUT2D eigenvalue weighted by Gasteiger charge is 2.49. The van der Waals surface area contributed by atoms with E-state index in [0.717, 1.165) is 6.42 Å². The molecule has 2 heterocycles. The molecule has 1 saturated heterocycles. The molecule has 0 aromatic rings. The van der Waals surface area contributed by atoms with E-state index >= 15 is 0 Å². The monoisotopic (exact) mass is 625 g/mol. The standard InChI is InChI=1S/C34H59NO9/c1-15-26(36)33(10,39)17-19(2)27(37)20(3)18-34(11,40-14)29(23(6)28-24(7)30(38)44-32(8,9)43-28)42-31-22(5)25(35(12)13)16-21(4)41-31/h17,20-23,25-26,29,31,36,39H,15-16,18H2,1-14H3/b19-17+/t20-,21?,22?,23+,25?,26-,29-,31+,33+,34-/m1/s1. The molecule has 10 heteroatoms. The number of aliphatic hydroxyl groups is 2. The third-order valence-corrected chi connectivity index (χ3v) is 9.34. The van der Waals surface area contributed by atoms with Gasteiger partial charge >= 0.3 is 5.97 Å². The van der Waals surface area contributed by atoms with Crippen molar-refractivity contribution in [2.75, 3.05) is 21.2 Å². The minimum atomic E-state index is -1.54. The Morgan fingerprint density at radius 1 is 1.20 bits per heavy atom. The summed E-state index contributed by atoms with van der Waals surface area (Å²) in [4.78, 5) is 28.6. The zero-order chi connectivity index (χ0) is 33.9. The van der Waals surface area contributed by atoms with Gasteiger partial charge in [-0.3, -0.25) is 4.79 Å². The first kappa shape index (κ1) is 38.4. The van der Waals surface area contributed by atoms with Gasteiger partial charge in [-0.15, -0.1) is 0 Å². The number of hydrogen-bond donors (Lipinski definition) is 2. The lowest BCUT2D eigenvalue weighted by atomic mass is 9.78. The number of hydrogen-bond acceptors (Lipinski definition) is 10. The minimum absolute atomic E-state index is 0.0113. The van der Waals surface area contributed by atoms with Gasteiger partial charge in [-0.1, -0.05) is 27.7 Å². The maximum absolute atomic E-state index is 13.6. The van der Waals surface area contributed by atoms with E-state index in [-0.39, 0.29) is 30.3 Å². The van der Waals surface area contributed by atoms with Crippen LogP contribution < -0.4 is 0 Å². The maximum Gasteiger partial charge on any atom is 0.340 e. The number of ketones is 1. The molecule has 10 atom stereocenters. The predicted molar refractivity (Wildman–Crippen MR) is 168 cm³/mol. The lowest BCUT2D eigenvalue weighted by Crippen LogP contribution is -2.56. The van der Waals surface area contributed by atoms with Crippen LogP contribution >= 0.6 is 0 Å². The van der Waals surface area contributed by atoms with Crippen LogP contribution in [-0.2, 0) is 33.3 Å². The smallest absolute Gasteiger partial charge is 0.340 e. The summed E-state index contributed by atoms with van der Waals surface area (Å²) in [5.74, 6) is -2.38. The Kier molecular flexibility index (Phi) is 12.8. The molecule has 0 amide bonds. The van der Waals surface area contributed by atoms with Crippen molar-refractivity contribution in [1.29, 1.82) is 0 Å². The molecule has 2 aliphatic rings. The largest absolute Gasteiger partial charge is 0.456 e. The summed E-state index contributed by atoms with van der Waals surface area (Å²) >= 11 is 0. The Hall–Kier alpha value is -1.82. The van der Waals surface area contributed by atoms with Crippen LogP contribution in [0.1, 0.15) is 95.4 Å². The first-order valence-electron chi connectivity index (χ1n) is 15.9. The van der Waals surface area contributed by atoms with Crippen molar-refractivity contribution in [3.8, 4) is 0 Å². The SMILES string of the molecule is CC[C@@H](O)[C@@](C)(O)/C=C(\C)C(=O)[C@H](C)C[C@@](C)(OC)[C@H](O[C@@H]1OC(C)CC(N(C)C)C1C)[C@@H](C)C1=C(C)C(=O)OC(C)(C)O1. The summed E-state index contributed by atoms with van der Waals surface area (Å²) in [6, 6.07) is 0.217. The molecule has 2 N–H and O–H groups in total. The van der Waals surface area contributed by atoms with E-state index in [1.54, 1.807) is 41.7 Å². The first-order valence-corrected chi connectivity index (χ1v) is 15.9. The van der Waals surface area contributed by atoms with Crippen molar-refractivity contribution >= 4 is 11.8 Å². The van der Waals surface area contributed by atoms with Gasteiger partial charge in [0.2, 0.25) is 5.79 Å². The highest BCUT2D eigenvalue weighted by atomic mass is 16.7. The number of cyclic esters (lactones) is 1. The van der Waals surface area contributed by atoms with Crippen LogP contribution in [-0.4, -0.2) is 95.7 Å². The number of carbonyl (C=O) groups excluding carboxylic acids is 2. The van der Waals surface area contributed by atoms with Crippen molar-refractivity contribution in [2.45, 2.75) is 143 Å². The summed E-state index contributed by atoms with van der Waals surface area (Å²) < 4.78 is 31.2. The number of ether oxygens (including phenoxy) is 5. The number of allylic oxidation sites excluding steroid dienone is 1. The number of aliphatic hydroxyl groups excluding tert-OH is 1. The highest BCUT2D eigenvalue weighted by molar-refractivity contribution is 5.96. The fourth-order valence-electron chi connectivity index (χ4n) is 6.68. The van der Waals surface area contributed by atoms with Crippen molar-refractivity contribution in [1.82, 2.24) is 4.90 Å². The fourth-order valence-corrected chi connectivity index (χ4v) is 6.68. The summed E-state index contributed by atoms with van der Waals surface area (Å²) in [6.07, 6.45) is 0.548. The van der Waals surface area contributed by atoms with E-state index in [1.807, 2.05) is 41.8 Å². The van der Waals surface area contributed by atoms with Crippen molar-refractivity contribution < 1.29 is 43.5 Å². The van der Waals surface area contributed by atoms with E-state index < -0.39 is 53.3 Å². The molecule has 0 saturated carbocycles. The lowest BCUT2D eigenvalue weighted by Gasteiger charge is -2.48. The molecule has 0 spiro atoms. The number of carbonyl (C=O) groups is 2. The maximum atomic E-state index is 13.6. The predicted octanol–water partition coefficient (Wildman–Crippen LogP) is 4.76. The molecular weight excluding hydrogens is 566 g/mol. The number of rotatable bonds is 14. The van der Waals surface area contributed by atoms with Crippen molar-refractivity contribution in [3.05, 3.63) is 23.0 Å². The number of methoxy groups -OCH3 is 1. The quantitative estimate of drug-likeness (QED) is 0.206. The van der Waals surface area contributed by atoms with Crippen LogP contribution in [0.25, 0.3) is 0 Å². The van der Waals surface area contributed by atoms with Gasteiger partial charge in [0, 0.05) is 44.8 Å². The Morgan fingerprint density at radius 3 is 2.32 bits per heavy atom. The molecular formula is C34H59NO9. The van der Waals surface area contributed by atoms with Gasteiger partial charge in [0.15, 0.2) is 12.1 Å². The average molecular weight is 626 g/mol. The Balaban J connectivity index is 2.55. The topological polar surface area (TPSA) is 124 Å². The third kappa shape index (κ3) is 8.91. The Morgan fingerprint density at radius 2 is 1.80 bits per heavy atom.